The largest absolute Gasteiger partial charge is 0.496 e. The summed E-state index contributed by atoms with van der Waals surface area (Å²) in [5.41, 5.74) is 9.60. The molecule has 0 radical (unpaired) electrons. The van der Waals surface area contributed by atoms with Gasteiger partial charge in [0.25, 0.3) is 0 Å². The van der Waals surface area contributed by atoms with Crippen LogP contribution in [0.15, 0.2) is 36.5 Å². The summed E-state index contributed by atoms with van der Waals surface area (Å²) in [5, 5.41) is 0.619. The van der Waals surface area contributed by atoms with Gasteiger partial charge in [-0.1, -0.05) is 17.7 Å². The molecular formula is C15H14ClN3O. The van der Waals surface area contributed by atoms with Crippen LogP contribution in [-0.4, -0.2) is 16.5 Å². The van der Waals surface area contributed by atoms with E-state index in [1.165, 1.54) is 0 Å². The van der Waals surface area contributed by atoms with E-state index in [1.807, 2.05) is 41.8 Å². The minimum Gasteiger partial charge on any atom is -0.496 e. The molecule has 5 heteroatoms. The molecule has 3 aromatic rings. The molecule has 102 valence electrons. The Balaban J connectivity index is 2.29. The van der Waals surface area contributed by atoms with Crippen molar-refractivity contribution in [3.05, 3.63) is 47.1 Å². The number of anilines is 1. The smallest absolute Gasteiger partial charge is 0.139 e. The van der Waals surface area contributed by atoms with E-state index in [0.717, 1.165) is 16.8 Å². The third-order valence-corrected chi connectivity index (χ3v) is 3.46. The molecule has 0 amide bonds. The number of pyridine rings is 1. The second-order valence-corrected chi connectivity index (χ2v) is 5.06. The summed E-state index contributed by atoms with van der Waals surface area (Å²) in [4.78, 5) is 4.57. The fraction of sp³-hybridized carbons (Fsp3) is 0.133. The minimum absolute atomic E-state index is 0.573. The topological polar surface area (TPSA) is 52.5 Å². The SMILES string of the molecule is COc1ccc(Cl)cc1-c1nc2ccc(C)cn2c1N. The Morgan fingerprint density at radius 3 is 2.80 bits per heavy atom. The Morgan fingerprint density at radius 2 is 2.05 bits per heavy atom. The van der Waals surface area contributed by atoms with Crippen LogP contribution in [0.2, 0.25) is 5.02 Å². The molecule has 0 bridgehead atoms. The van der Waals surface area contributed by atoms with Crippen molar-refractivity contribution in [1.29, 1.82) is 0 Å². The van der Waals surface area contributed by atoms with Crippen LogP contribution in [0.3, 0.4) is 0 Å². The Morgan fingerprint density at radius 1 is 1.25 bits per heavy atom. The first-order valence-corrected chi connectivity index (χ1v) is 6.56. The summed E-state index contributed by atoms with van der Waals surface area (Å²) in [6.45, 7) is 2.01. The normalized spacial score (nSPS) is 10.9. The molecule has 0 aliphatic carbocycles. The summed E-state index contributed by atoms with van der Waals surface area (Å²) in [7, 11) is 1.61. The summed E-state index contributed by atoms with van der Waals surface area (Å²) in [5.74, 6) is 1.27. The fourth-order valence-electron chi connectivity index (χ4n) is 2.23. The molecule has 0 unspecified atom stereocenters. The number of aryl methyl sites for hydroxylation is 1. The van der Waals surface area contributed by atoms with E-state index in [2.05, 4.69) is 4.98 Å². The maximum absolute atomic E-state index is 6.22. The van der Waals surface area contributed by atoms with Gasteiger partial charge in [0.1, 0.15) is 22.9 Å². The van der Waals surface area contributed by atoms with Gasteiger partial charge in [-0.05, 0) is 36.8 Å². The van der Waals surface area contributed by atoms with E-state index in [9.17, 15) is 0 Å². The summed E-state index contributed by atoms with van der Waals surface area (Å²) >= 11 is 6.07. The first kappa shape index (κ1) is 12.8. The average Bonchev–Trinajstić information content (AvgIpc) is 2.76. The van der Waals surface area contributed by atoms with Crippen molar-refractivity contribution in [3.8, 4) is 17.0 Å². The summed E-state index contributed by atoms with van der Waals surface area (Å²) in [6.07, 6.45) is 1.96. The highest BCUT2D eigenvalue weighted by atomic mass is 35.5. The maximum atomic E-state index is 6.22. The molecule has 0 saturated carbocycles. The first-order chi connectivity index (χ1) is 9.60. The molecule has 20 heavy (non-hydrogen) atoms. The number of halogens is 1. The van der Waals surface area contributed by atoms with Crippen LogP contribution in [-0.2, 0) is 0 Å². The number of fused-ring (bicyclic) bond motifs is 1. The molecule has 2 N–H and O–H groups in total. The van der Waals surface area contributed by atoms with E-state index in [0.29, 0.717) is 22.3 Å². The number of aromatic nitrogens is 2. The molecule has 0 aliphatic heterocycles. The van der Waals surface area contributed by atoms with Crippen LogP contribution < -0.4 is 10.5 Å². The van der Waals surface area contributed by atoms with Crippen LogP contribution >= 0.6 is 11.6 Å². The fourth-order valence-corrected chi connectivity index (χ4v) is 2.40. The van der Waals surface area contributed by atoms with E-state index >= 15 is 0 Å². The van der Waals surface area contributed by atoms with Crippen molar-refractivity contribution in [2.75, 3.05) is 12.8 Å². The molecule has 3 rings (SSSR count). The number of nitrogens with zero attached hydrogens (tertiary/aromatic N) is 2. The van der Waals surface area contributed by atoms with Crippen molar-refractivity contribution < 1.29 is 4.74 Å². The van der Waals surface area contributed by atoms with Gasteiger partial charge in [0.2, 0.25) is 0 Å². The highest BCUT2D eigenvalue weighted by Gasteiger charge is 2.15. The number of imidazole rings is 1. The first-order valence-electron chi connectivity index (χ1n) is 6.18. The minimum atomic E-state index is 0.573. The number of hydrogen-bond acceptors (Lipinski definition) is 3. The number of nitrogen functional groups attached to an aromatic ring is 1. The summed E-state index contributed by atoms with van der Waals surface area (Å²) in [6, 6.07) is 9.34. The second kappa shape index (κ2) is 4.72. The lowest BCUT2D eigenvalue weighted by Crippen LogP contribution is -1.95. The highest BCUT2D eigenvalue weighted by Crippen LogP contribution is 2.35. The van der Waals surface area contributed by atoms with Gasteiger partial charge in [0, 0.05) is 16.8 Å². The summed E-state index contributed by atoms with van der Waals surface area (Å²) < 4.78 is 7.23. The monoisotopic (exact) mass is 287 g/mol. The Hall–Kier alpha value is -2.20. The van der Waals surface area contributed by atoms with Gasteiger partial charge in [0.15, 0.2) is 0 Å². The molecule has 1 aromatic carbocycles. The quantitative estimate of drug-likeness (QED) is 0.784. The molecule has 4 nitrogen and oxygen atoms in total. The molecule has 0 aliphatic rings. The van der Waals surface area contributed by atoms with Crippen LogP contribution in [0, 0.1) is 6.92 Å². The van der Waals surface area contributed by atoms with Crippen molar-refractivity contribution in [3.63, 3.8) is 0 Å². The third-order valence-electron chi connectivity index (χ3n) is 3.22. The van der Waals surface area contributed by atoms with Crippen molar-refractivity contribution in [1.82, 2.24) is 9.38 Å². The van der Waals surface area contributed by atoms with Gasteiger partial charge in [-0.2, -0.15) is 0 Å². The number of ether oxygens (including phenoxy) is 1. The molecule has 0 spiro atoms. The number of benzene rings is 1. The molecular weight excluding hydrogens is 274 g/mol. The van der Waals surface area contributed by atoms with Crippen molar-refractivity contribution in [2.24, 2.45) is 0 Å². The molecule has 0 fully saturated rings. The highest BCUT2D eigenvalue weighted by molar-refractivity contribution is 6.31. The zero-order chi connectivity index (χ0) is 14.3. The van der Waals surface area contributed by atoms with Gasteiger partial charge >= 0.3 is 0 Å². The Bertz CT molecular complexity index is 795. The lowest BCUT2D eigenvalue weighted by Gasteiger charge is -2.07. The van der Waals surface area contributed by atoms with Gasteiger partial charge in [-0.15, -0.1) is 0 Å². The lowest BCUT2D eigenvalue weighted by atomic mass is 10.1. The standard InChI is InChI=1S/C15H14ClN3O/c1-9-3-6-13-18-14(15(17)19(13)8-9)11-7-10(16)4-5-12(11)20-2/h3-8H,17H2,1-2H3. The van der Waals surface area contributed by atoms with Gasteiger partial charge in [-0.3, -0.25) is 4.40 Å². The number of rotatable bonds is 2. The lowest BCUT2D eigenvalue weighted by molar-refractivity contribution is 0.416. The van der Waals surface area contributed by atoms with E-state index in [4.69, 9.17) is 22.1 Å². The van der Waals surface area contributed by atoms with Gasteiger partial charge in [-0.25, -0.2) is 4.98 Å². The van der Waals surface area contributed by atoms with Crippen molar-refractivity contribution in [2.45, 2.75) is 6.92 Å². The second-order valence-electron chi connectivity index (χ2n) is 4.62. The van der Waals surface area contributed by atoms with Crippen molar-refractivity contribution >= 4 is 23.1 Å². The van der Waals surface area contributed by atoms with Crippen LogP contribution in [0.1, 0.15) is 5.56 Å². The average molecular weight is 288 g/mol. The van der Waals surface area contributed by atoms with Gasteiger partial charge < -0.3 is 10.5 Å². The predicted molar refractivity (Wildman–Crippen MR) is 81.3 cm³/mol. The van der Waals surface area contributed by atoms with E-state index < -0.39 is 0 Å². The van der Waals surface area contributed by atoms with Gasteiger partial charge in [0.05, 0.1) is 7.11 Å². The molecule has 0 atom stereocenters. The van der Waals surface area contributed by atoms with E-state index in [1.54, 1.807) is 13.2 Å². The number of methoxy groups -OCH3 is 1. The predicted octanol–water partition coefficient (Wildman–Crippen LogP) is 3.55. The number of nitrogens with two attached hydrogens (primary N) is 1. The Labute approximate surface area is 121 Å². The maximum Gasteiger partial charge on any atom is 0.139 e. The molecule has 0 saturated heterocycles. The van der Waals surface area contributed by atoms with E-state index in [-0.39, 0.29) is 0 Å². The van der Waals surface area contributed by atoms with Crippen LogP contribution in [0.25, 0.3) is 16.9 Å². The zero-order valence-electron chi connectivity index (χ0n) is 11.2. The Kier molecular flexibility index (Phi) is 3.03. The van der Waals surface area contributed by atoms with Crippen LogP contribution in [0.4, 0.5) is 5.82 Å². The molecule has 2 heterocycles. The number of hydrogen-bond donors (Lipinski definition) is 1. The molecule has 2 aromatic heterocycles. The zero-order valence-corrected chi connectivity index (χ0v) is 12.0. The van der Waals surface area contributed by atoms with Crippen LogP contribution in [0.5, 0.6) is 5.75 Å². The third kappa shape index (κ3) is 1.98.